The molecule has 0 spiro atoms. The molecule has 2 aromatic rings. The molecule has 1 aliphatic rings. The van der Waals surface area contributed by atoms with Crippen LogP contribution in [0.5, 0.6) is 0 Å². The lowest BCUT2D eigenvalue weighted by atomic mass is 10.1. The van der Waals surface area contributed by atoms with E-state index in [1.54, 1.807) is 16.2 Å². The van der Waals surface area contributed by atoms with Crippen molar-refractivity contribution in [2.45, 2.75) is 12.5 Å². The zero-order valence-electron chi connectivity index (χ0n) is 16.1. The Balaban J connectivity index is 1.57. The maximum absolute atomic E-state index is 12.8. The highest BCUT2D eigenvalue weighted by Crippen LogP contribution is 2.25. The Morgan fingerprint density at radius 3 is 2.64 bits per heavy atom. The van der Waals surface area contributed by atoms with Gasteiger partial charge in [0.2, 0.25) is 0 Å². The number of aliphatic hydroxyl groups is 1. The molecule has 1 aromatic heterocycles. The molecule has 1 aliphatic heterocycles. The van der Waals surface area contributed by atoms with Gasteiger partial charge in [0, 0.05) is 37.6 Å². The van der Waals surface area contributed by atoms with E-state index in [1.165, 1.54) is 10.4 Å². The number of rotatable bonds is 9. The monoisotopic (exact) mass is 403 g/mol. The van der Waals surface area contributed by atoms with Crippen molar-refractivity contribution in [3.8, 4) is 0 Å². The first-order valence-electron chi connectivity index (χ1n) is 9.80. The molecule has 7 heteroatoms. The molecule has 0 aliphatic carbocycles. The fraction of sp³-hybridized carbons (Fsp3) is 0.476. The van der Waals surface area contributed by atoms with Crippen LogP contribution in [0, 0.1) is 0 Å². The molecular formula is C21H29N3O3S. The summed E-state index contributed by atoms with van der Waals surface area (Å²) in [6.45, 7) is 4.61. The fourth-order valence-electron chi connectivity index (χ4n) is 3.42. The minimum Gasteiger partial charge on any atom is -0.395 e. The van der Waals surface area contributed by atoms with Gasteiger partial charge in [0.25, 0.3) is 0 Å². The van der Waals surface area contributed by atoms with Crippen LogP contribution in [0.2, 0.25) is 0 Å². The molecule has 1 atom stereocenters. The number of nitrogens with zero attached hydrogens (tertiary/aromatic N) is 2. The lowest BCUT2D eigenvalue weighted by Gasteiger charge is -2.34. The predicted octanol–water partition coefficient (Wildman–Crippen LogP) is 2.37. The van der Waals surface area contributed by atoms with E-state index in [2.05, 4.69) is 33.8 Å². The Hall–Kier alpha value is -1.93. The van der Waals surface area contributed by atoms with Gasteiger partial charge < -0.3 is 20.1 Å². The number of thiophene rings is 1. The van der Waals surface area contributed by atoms with Crippen molar-refractivity contribution in [3.63, 3.8) is 0 Å². The number of morpholine rings is 1. The molecule has 2 amide bonds. The molecule has 0 radical (unpaired) electrons. The van der Waals surface area contributed by atoms with Crippen molar-refractivity contribution in [2.24, 2.45) is 0 Å². The summed E-state index contributed by atoms with van der Waals surface area (Å²) in [6.07, 6.45) is 0.770. The fourth-order valence-corrected chi connectivity index (χ4v) is 4.28. The van der Waals surface area contributed by atoms with Gasteiger partial charge in [-0.15, -0.1) is 11.3 Å². The summed E-state index contributed by atoms with van der Waals surface area (Å²) in [7, 11) is 0. The minimum atomic E-state index is -0.125. The number of urea groups is 1. The van der Waals surface area contributed by atoms with Gasteiger partial charge in [-0.05, 0) is 23.4 Å². The predicted molar refractivity (Wildman–Crippen MR) is 112 cm³/mol. The maximum atomic E-state index is 12.8. The molecule has 6 nitrogen and oxygen atoms in total. The van der Waals surface area contributed by atoms with Gasteiger partial charge >= 0.3 is 6.03 Å². The van der Waals surface area contributed by atoms with Crippen LogP contribution < -0.4 is 5.32 Å². The van der Waals surface area contributed by atoms with E-state index in [1.807, 2.05) is 24.3 Å². The van der Waals surface area contributed by atoms with Crippen LogP contribution in [-0.2, 0) is 11.2 Å². The van der Waals surface area contributed by atoms with Crippen LogP contribution in [-0.4, -0.2) is 73.5 Å². The Bertz CT molecular complexity index is 690. The zero-order chi connectivity index (χ0) is 19.6. The summed E-state index contributed by atoms with van der Waals surface area (Å²) in [5.41, 5.74) is 1.18. The summed E-state index contributed by atoms with van der Waals surface area (Å²) in [5, 5.41) is 14.5. The Kier molecular flexibility index (Phi) is 8.29. The summed E-state index contributed by atoms with van der Waals surface area (Å²) in [4.78, 5) is 18.1. The quantitative estimate of drug-likeness (QED) is 0.675. The van der Waals surface area contributed by atoms with Crippen LogP contribution >= 0.6 is 11.3 Å². The molecule has 1 aromatic carbocycles. The second-order valence-electron chi connectivity index (χ2n) is 6.81. The van der Waals surface area contributed by atoms with Gasteiger partial charge in [-0.3, -0.25) is 4.90 Å². The van der Waals surface area contributed by atoms with Crippen molar-refractivity contribution in [3.05, 3.63) is 58.3 Å². The van der Waals surface area contributed by atoms with Crippen molar-refractivity contribution in [1.82, 2.24) is 15.1 Å². The molecule has 152 valence electrons. The first kappa shape index (κ1) is 20.8. The summed E-state index contributed by atoms with van der Waals surface area (Å²) < 4.78 is 5.48. The minimum absolute atomic E-state index is 0.0416. The Morgan fingerprint density at radius 2 is 1.96 bits per heavy atom. The van der Waals surface area contributed by atoms with Gasteiger partial charge in [-0.25, -0.2) is 4.79 Å². The lowest BCUT2D eigenvalue weighted by molar-refractivity contribution is 0.0171. The van der Waals surface area contributed by atoms with Gasteiger partial charge in [0.05, 0.1) is 25.9 Å². The number of hydrogen-bond donors (Lipinski definition) is 2. The largest absolute Gasteiger partial charge is 0.395 e. The molecule has 1 fully saturated rings. The highest BCUT2D eigenvalue weighted by Gasteiger charge is 2.24. The number of hydrogen-bond acceptors (Lipinski definition) is 5. The topological polar surface area (TPSA) is 65.0 Å². The van der Waals surface area contributed by atoms with Crippen LogP contribution in [0.15, 0.2) is 47.8 Å². The average Bonchev–Trinajstić information content (AvgIpc) is 3.27. The molecular weight excluding hydrogens is 374 g/mol. The first-order chi connectivity index (χ1) is 13.8. The number of benzene rings is 1. The van der Waals surface area contributed by atoms with Crippen LogP contribution in [0.4, 0.5) is 4.79 Å². The molecule has 1 unspecified atom stereocenters. The third-order valence-corrected chi connectivity index (χ3v) is 5.95. The van der Waals surface area contributed by atoms with E-state index < -0.39 is 0 Å². The van der Waals surface area contributed by atoms with Crippen molar-refractivity contribution >= 4 is 17.4 Å². The number of carbonyl (C=O) groups is 1. The zero-order valence-corrected chi connectivity index (χ0v) is 16.9. The number of amides is 2. The Labute approximate surface area is 170 Å². The summed E-state index contributed by atoms with van der Waals surface area (Å²) in [5.74, 6) is 0. The van der Waals surface area contributed by atoms with E-state index >= 15 is 0 Å². The molecule has 2 N–H and O–H groups in total. The number of nitrogens with one attached hydrogen (secondary N) is 1. The smallest absolute Gasteiger partial charge is 0.317 e. The van der Waals surface area contributed by atoms with Crippen molar-refractivity contribution in [1.29, 1.82) is 0 Å². The van der Waals surface area contributed by atoms with Gasteiger partial charge in [-0.1, -0.05) is 36.4 Å². The first-order valence-corrected chi connectivity index (χ1v) is 10.7. The van der Waals surface area contributed by atoms with E-state index in [0.717, 1.165) is 32.7 Å². The van der Waals surface area contributed by atoms with E-state index in [4.69, 9.17) is 4.74 Å². The Morgan fingerprint density at radius 1 is 1.18 bits per heavy atom. The van der Waals surface area contributed by atoms with Gasteiger partial charge in [-0.2, -0.15) is 0 Å². The summed E-state index contributed by atoms with van der Waals surface area (Å²) >= 11 is 1.72. The SMILES string of the molecule is O=C(NCC(c1cccs1)N1CCOCC1)N(CCO)CCc1ccccc1. The second-order valence-corrected chi connectivity index (χ2v) is 7.79. The number of aliphatic hydroxyl groups excluding tert-OH is 1. The molecule has 0 bridgehead atoms. The number of carbonyl (C=O) groups excluding carboxylic acids is 1. The molecule has 1 saturated heterocycles. The number of ether oxygens (including phenoxy) is 1. The van der Waals surface area contributed by atoms with Crippen molar-refractivity contribution < 1.29 is 14.6 Å². The maximum Gasteiger partial charge on any atom is 0.317 e. The normalized spacial score (nSPS) is 15.9. The van der Waals surface area contributed by atoms with Crippen molar-refractivity contribution in [2.75, 3.05) is 52.5 Å². The van der Waals surface area contributed by atoms with E-state index in [-0.39, 0.29) is 18.7 Å². The molecule has 28 heavy (non-hydrogen) atoms. The standard InChI is InChI=1S/C21H29N3O3S/c25-13-10-24(9-8-18-5-2-1-3-6-18)21(26)22-17-19(20-7-4-16-28-20)23-11-14-27-15-12-23/h1-7,16,19,25H,8-15,17H2,(H,22,26). The highest BCUT2D eigenvalue weighted by molar-refractivity contribution is 7.10. The third-order valence-electron chi connectivity index (χ3n) is 4.98. The summed E-state index contributed by atoms with van der Waals surface area (Å²) in [6, 6.07) is 14.3. The molecule has 2 heterocycles. The second kappa shape index (κ2) is 11.2. The lowest BCUT2D eigenvalue weighted by Crippen LogP contribution is -2.47. The van der Waals surface area contributed by atoms with E-state index in [9.17, 15) is 9.90 Å². The molecule has 3 rings (SSSR count). The molecule has 0 saturated carbocycles. The van der Waals surface area contributed by atoms with E-state index in [0.29, 0.717) is 19.6 Å². The van der Waals surface area contributed by atoms with Crippen LogP contribution in [0.25, 0.3) is 0 Å². The van der Waals surface area contributed by atoms with Crippen LogP contribution in [0.1, 0.15) is 16.5 Å². The van der Waals surface area contributed by atoms with Gasteiger partial charge in [0.15, 0.2) is 0 Å². The third kappa shape index (κ3) is 6.04. The van der Waals surface area contributed by atoms with Crippen LogP contribution in [0.3, 0.4) is 0 Å². The van der Waals surface area contributed by atoms with Gasteiger partial charge in [0.1, 0.15) is 0 Å². The highest BCUT2D eigenvalue weighted by atomic mass is 32.1. The average molecular weight is 404 g/mol.